The van der Waals surface area contributed by atoms with E-state index in [0.29, 0.717) is 40.3 Å². The molecule has 0 aliphatic carbocycles. The highest BCUT2D eigenvalue weighted by Crippen LogP contribution is 2.29. The van der Waals surface area contributed by atoms with Crippen LogP contribution in [-0.4, -0.2) is 34.0 Å². The highest BCUT2D eigenvalue weighted by molar-refractivity contribution is 5.94. The average Bonchev–Trinajstić information content (AvgIpc) is 2.84. The molecular formula is C27H27N3O3. The number of benzene rings is 3. The first-order chi connectivity index (χ1) is 16.0. The number of para-hydroxylation sites is 1. The number of nitrogens with zero attached hydrogens (tertiary/aromatic N) is 3. The second-order valence-electron chi connectivity index (χ2n) is 7.94. The zero-order valence-corrected chi connectivity index (χ0v) is 19.3. The summed E-state index contributed by atoms with van der Waals surface area (Å²) < 4.78 is 7.18. The van der Waals surface area contributed by atoms with Crippen LogP contribution in [0.5, 0.6) is 5.75 Å². The Labute approximate surface area is 193 Å². The Morgan fingerprint density at radius 3 is 2.45 bits per heavy atom. The minimum atomic E-state index is -0.467. The lowest BCUT2D eigenvalue weighted by Crippen LogP contribution is -2.37. The van der Waals surface area contributed by atoms with Crippen molar-refractivity contribution >= 4 is 16.8 Å². The predicted octanol–water partition coefficient (Wildman–Crippen LogP) is 4.93. The molecule has 168 valence electrons. The second-order valence-corrected chi connectivity index (χ2v) is 7.94. The normalized spacial score (nSPS) is 11.9. The monoisotopic (exact) mass is 441 g/mol. The van der Waals surface area contributed by atoms with Gasteiger partial charge in [0.1, 0.15) is 11.6 Å². The average molecular weight is 442 g/mol. The van der Waals surface area contributed by atoms with Crippen molar-refractivity contribution < 1.29 is 9.53 Å². The van der Waals surface area contributed by atoms with Gasteiger partial charge in [-0.3, -0.25) is 14.2 Å². The van der Waals surface area contributed by atoms with E-state index in [-0.39, 0.29) is 11.5 Å². The Bertz CT molecular complexity index is 1360. The molecular weight excluding hydrogens is 414 g/mol. The van der Waals surface area contributed by atoms with Gasteiger partial charge in [0.15, 0.2) is 0 Å². The number of ether oxygens (including phenoxy) is 1. The maximum atomic E-state index is 13.7. The van der Waals surface area contributed by atoms with Gasteiger partial charge in [-0.25, -0.2) is 4.98 Å². The number of aromatic nitrogens is 2. The van der Waals surface area contributed by atoms with Crippen molar-refractivity contribution in [3.8, 4) is 11.4 Å². The molecule has 1 aromatic heterocycles. The number of fused-ring (bicyclic) bond motifs is 1. The van der Waals surface area contributed by atoms with Crippen LogP contribution in [-0.2, 0) is 0 Å². The quantitative estimate of drug-likeness (QED) is 0.426. The van der Waals surface area contributed by atoms with Crippen molar-refractivity contribution in [3.05, 3.63) is 100 Å². The highest BCUT2D eigenvalue weighted by atomic mass is 16.5. The first kappa shape index (κ1) is 22.3. The smallest absolute Gasteiger partial charge is 0.266 e. The molecule has 0 fully saturated rings. The fourth-order valence-corrected chi connectivity index (χ4v) is 4.12. The molecule has 6 nitrogen and oxygen atoms in total. The molecule has 0 saturated heterocycles. The van der Waals surface area contributed by atoms with Crippen LogP contribution < -0.4 is 10.3 Å². The Morgan fingerprint density at radius 2 is 1.76 bits per heavy atom. The molecule has 0 aliphatic rings. The van der Waals surface area contributed by atoms with E-state index in [1.54, 1.807) is 34.8 Å². The van der Waals surface area contributed by atoms with Gasteiger partial charge in [0, 0.05) is 12.1 Å². The van der Waals surface area contributed by atoms with Gasteiger partial charge < -0.3 is 9.64 Å². The Kier molecular flexibility index (Phi) is 6.27. The van der Waals surface area contributed by atoms with Gasteiger partial charge in [-0.1, -0.05) is 36.4 Å². The molecule has 6 heteroatoms. The van der Waals surface area contributed by atoms with Crippen LogP contribution in [0.3, 0.4) is 0 Å². The summed E-state index contributed by atoms with van der Waals surface area (Å²) in [5.41, 5.74) is 2.57. The van der Waals surface area contributed by atoms with Gasteiger partial charge in [0.2, 0.25) is 0 Å². The third-order valence-corrected chi connectivity index (χ3v) is 5.84. The van der Waals surface area contributed by atoms with E-state index in [0.717, 1.165) is 5.56 Å². The standard InChI is InChI=1S/C27H27N3O3/c1-5-29(26(31)20-11-7-6-8-12-20)19(3)25-28-22-14-10-9-13-21(22)27(32)30(25)23-17-18(2)15-16-24(23)33-4/h6-17,19H,5H2,1-4H3. The summed E-state index contributed by atoms with van der Waals surface area (Å²) >= 11 is 0. The van der Waals surface area contributed by atoms with Crippen LogP contribution in [0.2, 0.25) is 0 Å². The second kappa shape index (κ2) is 9.28. The summed E-state index contributed by atoms with van der Waals surface area (Å²) in [4.78, 5) is 33.7. The van der Waals surface area contributed by atoms with Crippen molar-refractivity contribution in [1.29, 1.82) is 0 Å². The SMILES string of the molecule is CCN(C(=O)c1ccccc1)C(C)c1nc2ccccc2c(=O)n1-c1cc(C)ccc1OC. The van der Waals surface area contributed by atoms with Crippen LogP contribution in [0.4, 0.5) is 0 Å². The minimum absolute atomic E-state index is 0.115. The molecule has 0 radical (unpaired) electrons. The molecule has 3 aromatic carbocycles. The van der Waals surface area contributed by atoms with Crippen LogP contribution >= 0.6 is 0 Å². The number of aryl methyl sites for hydroxylation is 1. The number of hydrogen-bond donors (Lipinski definition) is 0. The maximum absolute atomic E-state index is 13.7. The fraction of sp³-hybridized carbons (Fsp3) is 0.222. The van der Waals surface area contributed by atoms with Crippen LogP contribution in [0.1, 0.15) is 41.6 Å². The van der Waals surface area contributed by atoms with Crippen molar-refractivity contribution in [2.45, 2.75) is 26.8 Å². The van der Waals surface area contributed by atoms with Gasteiger partial charge in [0.25, 0.3) is 11.5 Å². The van der Waals surface area contributed by atoms with E-state index < -0.39 is 6.04 Å². The third kappa shape index (κ3) is 4.12. The number of hydrogen-bond acceptors (Lipinski definition) is 4. The van der Waals surface area contributed by atoms with Crippen molar-refractivity contribution in [2.24, 2.45) is 0 Å². The minimum Gasteiger partial charge on any atom is -0.495 e. The number of carbonyl (C=O) groups excluding carboxylic acids is 1. The first-order valence-corrected chi connectivity index (χ1v) is 11.0. The summed E-state index contributed by atoms with van der Waals surface area (Å²) in [5.74, 6) is 0.926. The van der Waals surface area contributed by atoms with Gasteiger partial charge in [-0.15, -0.1) is 0 Å². The predicted molar refractivity (Wildman–Crippen MR) is 130 cm³/mol. The molecule has 0 spiro atoms. The highest BCUT2D eigenvalue weighted by Gasteiger charge is 2.27. The van der Waals surface area contributed by atoms with E-state index in [1.807, 2.05) is 75.4 Å². The summed E-state index contributed by atoms with van der Waals surface area (Å²) in [6, 6.07) is 21.6. The van der Waals surface area contributed by atoms with E-state index in [1.165, 1.54) is 0 Å². The molecule has 33 heavy (non-hydrogen) atoms. The largest absolute Gasteiger partial charge is 0.495 e. The number of rotatable bonds is 6. The summed E-state index contributed by atoms with van der Waals surface area (Å²) in [6.45, 7) is 6.25. The van der Waals surface area contributed by atoms with Gasteiger partial charge in [0.05, 0.1) is 29.7 Å². The van der Waals surface area contributed by atoms with Crippen molar-refractivity contribution in [3.63, 3.8) is 0 Å². The Hall–Kier alpha value is -3.93. The maximum Gasteiger partial charge on any atom is 0.266 e. The third-order valence-electron chi connectivity index (χ3n) is 5.84. The van der Waals surface area contributed by atoms with E-state index in [9.17, 15) is 9.59 Å². The molecule has 1 amide bonds. The van der Waals surface area contributed by atoms with E-state index in [4.69, 9.17) is 9.72 Å². The molecule has 0 bridgehead atoms. The Morgan fingerprint density at radius 1 is 1.06 bits per heavy atom. The lowest BCUT2D eigenvalue weighted by Gasteiger charge is -2.30. The van der Waals surface area contributed by atoms with E-state index >= 15 is 0 Å². The lowest BCUT2D eigenvalue weighted by molar-refractivity contribution is 0.0693. The topological polar surface area (TPSA) is 64.4 Å². The molecule has 1 unspecified atom stereocenters. The zero-order valence-electron chi connectivity index (χ0n) is 19.3. The fourth-order valence-electron chi connectivity index (χ4n) is 4.12. The summed E-state index contributed by atoms with van der Waals surface area (Å²) in [6.07, 6.45) is 0. The van der Waals surface area contributed by atoms with E-state index in [2.05, 4.69) is 0 Å². The number of methoxy groups -OCH3 is 1. The van der Waals surface area contributed by atoms with Crippen LogP contribution in [0, 0.1) is 6.92 Å². The lowest BCUT2D eigenvalue weighted by atomic mass is 10.1. The molecule has 1 heterocycles. The first-order valence-electron chi connectivity index (χ1n) is 11.0. The molecule has 0 N–H and O–H groups in total. The molecule has 0 saturated carbocycles. The summed E-state index contributed by atoms with van der Waals surface area (Å²) in [5, 5.41) is 0.509. The van der Waals surface area contributed by atoms with Crippen molar-refractivity contribution in [2.75, 3.05) is 13.7 Å². The molecule has 4 rings (SSSR count). The van der Waals surface area contributed by atoms with Crippen LogP contribution in [0.25, 0.3) is 16.6 Å². The van der Waals surface area contributed by atoms with Crippen molar-refractivity contribution in [1.82, 2.24) is 14.5 Å². The summed E-state index contributed by atoms with van der Waals surface area (Å²) in [7, 11) is 1.58. The van der Waals surface area contributed by atoms with Gasteiger partial charge in [-0.2, -0.15) is 0 Å². The van der Waals surface area contributed by atoms with Gasteiger partial charge >= 0.3 is 0 Å². The zero-order chi connectivity index (χ0) is 23.5. The molecule has 1 atom stereocenters. The number of amides is 1. The number of carbonyl (C=O) groups is 1. The van der Waals surface area contributed by atoms with Gasteiger partial charge in [-0.05, 0) is 62.7 Å². The van der Waals surface area contributed by atoms with Crippen LogP contribution in [0.15, 0.2) is 77.6 Å². The molecule has 4 aromatic rings. The Balaban J connectivity index is 1.97. The molecule has 0 aliphatic heterocycles.